The van der Waals surface area contributed by atoms with E-state index in [1.165, 1.54) is 43.8 Å². The van der Waals surface area contributed by atoms with Gasteiger partial charge in [0.15, 0.2) is 10.9 Å². The van der Waals surface area contributed by atoms with E-state index in [1.54, 1.807) is 12.1 Å². The normalized spacial score (nSPS) is 11.2. The number of anilines is 3. The minimum Gasteiger partial charge on any atom is -0.481 e. The van der Waals surface area contributed by atoms with E-state index in [2.05, 4.69) is 25.0 Å². The molecule has 0 saturated heterocycles. The highest BCUT2D eigenvalue weighted by Gasteiger charge is 2.17. The molecule has 0 amide bonds. The Bertz CT molecular complexity index is 1400. The van der Waals surface area contributed by atoms with Crippen LogP contribution in [0.1, 0.15) is 5.56 Å². The van der Waals surface area contributed by atoms with Crippen LogP contribution in [0.4, 0.5) is 16.6 Å². The van der Waals surface area contributed by atoms with E-state index in [1.807, 2.05) is 30.5 Å². The second kappa shape index (κ2) is 9.84. The molecule has 0 unspecified atom stereocenters. The number of hydrogen-bond acceptors (Lipinski definition) is 9. The van der Waals surface area contributed by atoms with E-state index in [4.69, 9.17) is 21.1 Å². The number of aryl methyl sites for hydroxylation is 1. The molecule has 0 saturated carbocycles. The Morgan fingerprint density at radius 3 is 2.41 bits per heavy atom. The standard InChI is InChI=1S/C22H20ClN5O4S2/c1-13-10-14(4-9-17(13)23)18-12-33-22(25-18)24-15-5-7-16(8-6-15)34(29,30)28-19-11-20(31-2)27-21(26-19)32-3/h4-12H,1-3H3,(H,24,25)(H,26,27,28). The average Bonchev–Trinajstić information content (AvgIpc) is 3.29. The van der Waals surface area contributed by atoms with Crippen molar-refractivity contribution >= 4 is 49.6 Å². The molecule has 34 heavy (non-hydrogen) atoms. The van der Waals surface area contributed by atoms with Crippen LogP contribution in [0.3, 0.4) is 0 Å². The highest BCUT2D eigenvalue weighted by molar-refractivity contribution is 7.92. The van der Waals surface area contributed by atoms with Crippen molar-refractivity contribution in [3.05, 3.63) is 64.5 Å². The Balaban J connectivity index is 1.48. The van der Waals surface area contributed by atoms with Crippen LogP contribution < -0.4 is 19.5 Å². The largest absolute Gasteiger partial charge is 0.481 e. The minimum absolute atomic E-state index is 0.0202. The number of nitrogens with one attached hydrogen (secondary N) is 2. The van der Waals surface area contributed by atoms with Crippen LogP contribution in [0.15, 0.2) is 58.8 Å². The molecular weight excluding hydrogens is 498 g/mol. The van der Waals surface area contributed by atoms with Crippen LogP contribution in [0.2, 0.25) is 5.02 Å². The van der Waals surface area contributed by atoms with Crippen LogP contribution in [0, 0.1) is 6.92 Å². The molecule has 2 aromatic carbocycles. The van der Waals surface area contributed by atoms with Crippen LogP contribution in [0.25, 0.3) is 11.3 Å². The fourth-order valence-corrected chi connectivity index (χ4v) is 4.81. The van der Waals surface area contributed by atoms with Gasteiger partial charge in [0.2, 0.25) is 5.88 Å². The maximum Gasteiger partial charge on any atom is 0.321 e. The third-order valence-corrected chi connectivity index (χ3v) is 7.24. The van der Waals surface area contributed by atoms with Crippen molar-refractivity contribution in [2.45, 2.75) is 11.8 Å². The summed E-state index contributed by atoms with van der Waals surface area (Å²) in [5.74, 6) is 0.194. The molecule has 0 atom stereocenters. The lowest BCUT2D eigenvalue weighted by Gasteiger charge is -2.10. The lowest BCUT2D eigenvalue weighted by atomic mass is 10.1. The minimum atomic E-state index is -3.90. The van der Waals surface area contributed by atoms with Crippen molar-refractivity contribution in [2.24, 2.45) is 0 Å². The quantitative estimate of drug-likeness (QED) is 0.331. The van der Waals surface area contributed by atoms with Gasteiger partial charge in [-0.05, 0) is 48.9 Å². The lowest BCUT2D eigenvalue weighted by molar-refractivity contribution is 0.353. The number of methoxy groups -OCH3 is 2. The Morgan fingerprint density at radius 2 is 1.74 bits per heavy atom. The Labute approximate surface area is 205 Å². The van der Waals surface area contributed by atoms with Gasteiger partial charge in [-0.2, -0.15) is 9.97 Å². The van der Waals surface area contributed by atoms with E-state index in [0.717, 1.165) is 16.8 Å². The maximum absolute atomic E-state index is 12.8. The second-order valence-electron chi connectivity index (χ2n) is 7.04. The molecule has 12 heteroatoms. The number of ether oxygens (including phenoxy) is 2. The van der Waals surface area contributed by atoms with Crippen LogP contribution in [0.5, 0.6) is 11.9 Å². The summed E-state index contributed by atoms with van der Waals surface area (Å²) in [5.41, 5.74) is 3.46. The first-order chi connectivity index (χ1) is 16.3. The molecule has 0 aliphatic heterocycles. The third kappa shape index (κ3) is 5.38. The first-order valence-corrected chi connectivity index (χ1v) is 12.6. The maximum atomic E-state index is 12.8. The first kappa shape index (κ1) is 23.7. The number of rotatable bonds is 8. The van der Waals surface area contributed by atoms with Gasteiger partial charge in [-0.1, -0.05) is 17.7 Å². The van der Waals surface area contributed by atoms with Gasteiger partial charge in [0.05, 0.1) is 24.8 Å². The number of nitrogens with zero attached hydrogens (tertiary/aromatic N) is 3. The van der Waals surface area contributed by atoms with Crippen molar-refractivity contribution in [3.8, 4) is 23.1 Å². The zero-order valence-electron chi connectivity index (χ0n) is 18.4. The van der Waals surface area contributed by atoms with Crippen molar-refractivity contribution in [1.82, 2.24) is 15.0 Å². The molecule has 4 aromatic rings. The van der Waals surface area contributed by atoms with E-state index in [9.17, 15) is 8.42 Å². The molecule has 9 nitrogen and oxygen atoms in total. The van der Waals surface area contributed by atoms with Gasteiger partial charge in [0.25, 0.3) is 10.0 Å². The zero-order chi connectivity index (χ0) is 24.3. The number of aromatic nitrogens is 3. The summed E-state index contributed by atoms with van der Waals surface area (Å²) in [5, 5.41) is 6.52. The Morgan fingerprint density at radius 1 is 0.971 bits per heavy atom. The van der Waals surface area contributed by atoms with Crippen LogP contribution in [-0.2, 0) is 10.0 Å². The fourth-order valence-electron chi connectivity index (χ4n) is 2.96. The molecule has 2 N–H and O–H groups in total. The molecule has 0 fully saturated rings. The smallest absolute Gasteiger partial charge is 0.321 e. The molecule has 2 heterocycles. The summed E-state index contributed by atoms with van der Waals surface area (Å²) < 4.78 is 38.0. The number of hydrogen-bond donors (Lipinski definition) is 2. The molecule has 0 bridgehead atoms. The molecule has 4 rings (SSSR count). The van der Waals surface area contributed by atoms with Gasteiger partial charge in [0, 0.05) is 27.7 Å². The monoisotopic (exact) mass is 517 g/mol. The summed E-state index contributed by atoms with van der Waals surface area (Å²) in [6.07, 6.45) is 0. The van der Waals surface area contributed by atoms with Crippen molar-refractivity contribution < 1.29 is 17.9 Å². The predicted molar refractivity (Wildman–Crippen MR) is 133 cm³/mol. The van der Waals surface area contributed by atoms with E-state index in [0.29, 0.717) is 15.8 Å². The van der Waals surface area contributed by atoms with Crippen molar-refractivity contribution in [2.75, 3.05) is 24.3 Å². The van der Waals surface area contributed by atoms with Gasteiger partial charge in [-0.15, -0.1) is 11.3 Å². The van der Waals surface area contributed by atoms with E-state index in [-0.39, 0.29) is 22.6 Å². The molecule has 176 valence electrons. The molecular formula is C22H20ClN5O4S2. The fraction of sp³-hybridized carbons (Fsp3) is 0.136. The van der Waals surface area contributed by atoms with Crippen molar-refractivity contribution in [1.29, 1.82) is 0 Å². The predicted octanol–water partition coefficient (Wildman–Crippen LogP) is 5.12. The third-order valence-electron chi connectivity index (χ3n) is 4.69. The summed E-state index contributed by atoms with van der Waals surface area (Å²) in [6, 6.07) is 13.4. The van der Waals surface area contributed by atoms with Gasteiger partial charge in [-0.25, -0.2) is 13.4 Å². The summed E-state index contributed by atoms with van der Waals surface area (Å²) in [4.78, 5) is 12.6. The van der Waals surface area contributed by atoms with Crippen LogP contribution >= 0.6 is 22.9 Å². The SMILES string of the molecule is COc1cc(NS(=O)(=O)c2ccc(Nc3nc(-c4ccc(Cl)c(C)c4)cs3)cc2)nc(OC)n1. The van der Waals surface area contributed by atoms with Gasteiger partial charge >= 0.3 is 6.01 Å². The highest BCUT2D eigenvalue weighted by Crippen LogP contribution is 2.30. The highest BCUT2D eigenvalue weighted by atomic mass is 35.5. The van der Waals surface area contributed by atoms with Crippen molar-refractivity contribution in [3.63, 3.8) is 0 Å². The number of thiazole rings is 1. The Kier molecular flexibility index (Phi) is 6.87. The first-order valence-electron chi connectivity index (χ1n) is 9.86. The van der Waals surface area contributed by atoms with Gasteiger partial charge < -0.3 is 14.8 Å². The molecule has 0 spiro atoms. The topological polar surface area (TPSA) is 115 Å². The molecule has 2 aromatic heterocycles. The molecule has 0 aliphatic carbocycles. The Hall–Kier alpha value is -3.41. The average molecular weight is 518 g/mol. The zero-order valence-corrected chi connectivity index (χ0v) is 20.8. The summed E-state index contributed by atoms with van der Waals surface area (Å²) in [6.45, 7) is 1.94. The molecule has 0 radical (unpaired) electrons. The van der Waals surface area contributed by atoms with Gasteiger partial charge in [-0.3, -0.25) is 4.72 Å². The number of benzene rings is 2. The lowest BCUT2D eigenvalue weighted by Crippen LogP contribution is -2.14. The van der Waals surface area contributed by atoms with Crippen LogP contribution in [-0.4, -0.2) is 37.6 Å². The second-order valence-corrected chi connectivity index (χ2v) is 9.99. The van der Waals surface area contributed by atoms with E-state index >= 15 is 0 Å². The molecule has 0 aliphatic rings. The van der Waals surface area contributed by atoms with E-state index < -0.39 is 10.0 Å². The number of halogens is 1. The summed E-state index contributed by atoms with van der Waals surface area (Å²) in [7, 11) is -1.11. The van der Waals surface area contributed by atoms with Gasteiger partial charge in [0.1, 0.15) is 0 Å². The summed E-state index contributed by atoms with van der Waals surface area (Å²) >= 11 is 7.55. The number of sulfonamides is 1.